The fourth-order valence-corrected chi connectivity index (χ4v) is 6.58. The highest BCUT2D eigenvalue weighted by Gasteiger charge is 2.35. The number of benzene rings is 2. The van der Waals surface area contributed by atoms with Crippen LogP contribution < -0.4 is 16.0 Å². The van der Waals surface area contributed by atoms with Crippen LogP contribution in [0.15, 0.2) is 83.2 Å². The Morgan fingerprint density at radius 1 is 1.12 bits per heavy atom. The van der Waals surface area contributed by atoms with E-state index < -0.39 is 44.2 Å². The number of nitrogens with zero attached hydrogens (tertiary/aromatic N) is 3. The number of nitrogens with one attached hydrogen (secondary N) is 3. The molecular formula is C35H37ClF2N6O5S. The third-order valence-corrected chi connectivity index (χ3v) is 9.77. The second-order valence-electron chi connectivity index (χ2n) is 12.5. The molecule has 2 aliphatic rings. The van der Waals surface area contributed by atoms with E-state index in [1.165, 1.54) is 23.5 Å². The zero-order valence-electron chi connectivity index (χ0n) is 27.5. The van der Waals surface area contributed by atoms with Crippen LogP contribution in [0.2, 0.25) is 0 Å². The first-order valence-electron chi connectivity index (χ1n) is 16.1. The molecule has 2 atom stereocenters. The van der Waals surface area contributed by atoms with Crippen molar-refractivity contribution in [1.29, 1.82) is 0 Å². The molecule has 1 saturated heterocycles. The van der Waals surface area contributed by atoms with Crippen molar-refractivity contribution in [3.05, 3.63) is 96.2 Å². The zero-order chi connectivity index (χ0) is 35.5. The lowest BCUT2D eigenvalue weighted by Gasteiger charge is -2.37. The number of carbonyl (C=O) groups excluding carboxylic acids is 1. The minimum absolute atomic E-state index is 0.0510. The molecule has 2 unspecified atom stereocenters. The number of para-hydroxylation sites is 1. The molecule has 15 heteroatoms. The fourth-order valence-electron chi connectivity index (χ4n) is 5.82. The largest absolute Gasteiger partial charge is 0.460 e. The molecule has 11 nitrogen and oxygen atoms in total. The van der Waals surface area contributed by atoms with E-state index in [1.54, 1.807) is 0 Å². The van der Waals surface area contributed by atoms with Crippen LogP contribution in [0, 0.1) is 11.6 Å². The predicted octanol–water partition coefficient (Wildman–Crippen LogP) is 6.25. The Hall–Kier alpha value is -4.37. The summed E-state index contributed by atoms with van der Waals surface area (Å²) in [4.78, 5) is 22.2. The van der Waals surface area contributed by atoms with Crippen LogP contribution >= 0.6 is 11.6 Å². The highest BCUT2D eigenvalue weighted by Crippen LogP contribution is 2.34. The minimum Gasteiger partial charge on any atom is -0.460 e. The van der Waals surface area contributed by atoms with E-state index in [4.69, 9.17) is 20.8 Å². The van der Waals surface area contributed by atoms with Gasteiger partial charge in [-0.15, -0.1) is 11.6 Å². The van der Waals surface area contributed by atoms with E-state index >= 15 is 0 Å². The monoisotopic (exact) mass is 726 g/mol. The molecule has 3 heterocycles. The smallest absolute Gasteiger partial charge is 0.322 e. The second kappa shape index (κ2) is 14.9. The maximum absolute atomic E-state index is 14.0. The molecule has 0 radical (unpaired) electrons. The number of ether oxygens (including phenoxy) is 1. The number of anilines is 2. The number of piperidine rings is 1. The number of fused-ring (bicyclic) bond motifs is 1. The van der Waals surface area contributed by atoms with Crippen molar-refractivity contribution < 1.29 is 31.1 Å². The number of hydrogen-bond donors (Lipinski definition) is 3. The number of sulfone groups is 1. The van der Waals surface area contributed by atoms with Gasteiger partial charge in [0.1, 0.15) is 50.8 Å². The van der Waals surface area contributed by atoms with Crippen molar-refractivity contribution in [1.82, 2.24) is 20.2 Å². The molecule has 2 amide bonds. The topological polar surface area (TPSA) is 139 Å². The fraction of sp³-hybridized carbons (Fsp3) is 0.343. The zero-order valence-corrected chi connectivity index (χ0v) is 29.0. The van der Waals surface area contributed by atoms with Gasteiger partial charge in [-0.1, -0.05) is 12.1 Å². The Balaban J connectivity index is 1.06. The molecule has 3 N–H and O–H groups in total. The number of carbonyl (C=O) groups is 1. The third-order valence-electron chi connectivity index (χ3n) is 8.50. The number of hydrogen-bond acceptors (Lipinski definition) is 9. The number of allylic oxidation sites excluding steroid dienone is 1. The molecule has 2 aromatic heterocycles. The van der Waals surface area contributed by atoms with E-state index in [0.29, 0.717) is 56.4 Å². The minimum atomic E-state index is -3.04. The third kappa shape index (κ3) is 8.67. The van der Waals surface area contributed by atoms with Gasteiger partial charge in [0.05, 0.1) is 34.9 Å². The summed E-state index contributed by atoms with van der Waals surface area (Å²) in [6.07, 6.45) is 8.78. The number of aromatic nitrogens is 2. The van der Waals surface area contributed by atoms with Crippen LogP contribution in [-0.2, 0) is 21.1 Å². The van der Waals surface area contributed by atoms with E-state index in [1.807, 2.05) is 55.5 Å². The number of rotatable bonds is 11. The summed E-state index contributed by atoms with van der Waals surface area (Å²) in [5.74, 6) is 0.294. The average molecular weight is 727 g/mol. The van der Waals surface area contributed by atoms with Gasteiger partial charge in [-0.3, -0.25) is 0 Å². The summed E-state index contributed by atoms with van der Waals surface area (Å²) >= 11 is 6.99. The standard InChI is InChI=1S/C35H37ClF2N6O5S/c1-35(36)19-23(7-11-31(35)49-24-12-15-44(16-13-24)34(45)43-32-27(37)4-3-5-28(32)38)42-33-26-18-22(6-9-29(26)40-21-41-33)30-10-8-25(48-30)20-39-14-17-50(2,46)47/h3-11,18-19,21,24,31,39H,12-17,20H2,1-2H3,(H,43,45)(H,40,41,42). The number of urea groups is 1. The Morgan fingerprint density at radius 3 is 2.60 bits per heavy atom. The van der Waals surface area contributed by atoms with Crippen LogP contribution in [0.25, 0.3) is 22.2 Å². The molecule has 4 aromatic rings. The van der Waals surface area contributed by atoms with Crippen molar-refractivity contribution in [2.24, 2.45) is 0 Å². The summed E-state index contributed by atoms with van der Waals surface area (Å²) in [5, 5.41) is 9.56. The van der Waals surface area contributed by atoms with Gasteiger partial charge in [-0.05, 0) is 74.4 Å². The number of furan rings is 1. The maximum atomic E-state index is 14.0. The molecule has 0 bridgehead atoms. The summed E-state index contributed by atoms with van der Waals surface area (Å²) in [6, 6.07) is 12.3. The van der Waals surface area contributed by atoms with Crippen molar-refractivity contribution in [2.75, 3.05) is 42.3 Å². The molecule has 1 aliphatic heterocycles. The van der Waals surface area contributed by atoms with Gasteiger partial charge in [0.2, 0.25) is 0 Å². The highest BCUT2D eigenvalue weighted by molar-refractivity contribution is 7.90. The second-order valence-corrected chi connectivity index (χ2v) is 15.6. The summed E-state index contributed by atoms with van der Waals surface area (Å²) in [6.45, 7) is 3.30. The maximum Gasteiger partial charge on any atom is 0.322 e. The van der Waals surface area contributed by atoms with Gasteiger partial charge < -0.3 is 30.0 Å². The van der Waals surface area contributed by atoms with Crippen LogP contribution in [-0.4, -0.2) is 78.0 Å². The van der Waals surface area contributed by atoms with Crippen LogP contribution in [0.4, 0.5) is 25.1 Å². The summed E-state index contributed by atoms with van der Waals surface area (Å²) in [5.41, 5.74) is 1.81. The van der Waals surface area contributed by atoms with E-state index in [2.05, 4.69) is 25.9 Å². The Kier molecular flexibility index (Phi) is 10.5. The lowest BCUT2D eigenvalue weighted by Crippen LogP contribution is -2.46. The lowest BCUT2D eigenvalue weighted by molar-refractivity contribution is -0.0252. The predicted molar refractivity (Wildman–Crippen MR) is 189 cm³/mol. The molecule has 6 rings (SSSR count). The number of halogens is 3. The van der Waals surface area contributed by atoms with Gasteiger partial charge >= 0.3 is 6.03 Å². The first kappa shape index (κ1) is 35.5. The number of alkyl halides is 1. The van der Waals surface area contributed by atoms with Gasteiger partial charge in [0.25, 0.3) is 0 Å². The summed E-state index contributed by atoms with van der Waals surface area (Å²) in [7, 11) is -3.04. The van der Waals surface area contributed by atoms with Gasteiger partial charge in [-0.25, -0.2) is 32.0 Å². The molecule has 264 valence electrons. The van der Waals surface area contributed by atoms with Gasteiger partial charge in [0, 0.05) is 42.5 Å². The number of amides is 2. The van der Waals surface area contributed by atoms with Crippen LogP contribution in [0.5, 0.6) is 0 Å². The molecule has 2 aromatic carbocycles. The van der Waals surface area contributed by atoms with Crippen LogP contribution in [0.1, 0.15) is 25.5 Å². The Labute approximate surface area is 293 Å². The Bertz CT molecular complexity index is 2030. The van der Waals surface area contributed by atoms with Crippen molar-refractivity contribution in [2.45, 2.75) is 43.4 Å². The average Bonchev–Trinajstić information content (AvgIpc) is 3.55. The first-order valence-corrected chi connectivity index (χ1v) is 18.5. The lowest BCUT2D eigenvalue weighted by atomic mass is 9.96. The van der Waals surface area contributed by atoms with E-state index in [0.717, 1.165) is 34.3 Å². The quantitative estimate of drug-likeness (QED) is 0.121. The van der Waals surface area contributed by atoms with Crippen molar-refractivity contribution >= 4 is 49.9 Å². The van der Waals surface area contributed by atoms with Crippen molar-refractivity contribution in [3.63, 3.8) is 0 Å². The SMILES string of the molecule is CC1(Cl)C=C(Nc2ncnc3ccc(-c4ccc(CNCCS(C)(=O)=O)o4)cc23)C=CC1OC1CCN(C(=O)Nc2c(F)cccc2F)CC1. The van der Waals surface area contributed by atoms with E-state index in [9.17, 15) is 22.0 Å². The molecule has 1 aliphatic carbocycles. The Morgan fingerprint density at radius 2 is 1.88 bits per heavy atom. The molecular weight excluding hydrogens is 690 g/mol. The highest BCUT2D eigenvalue weighted by atomic mass is 35.5. The van der Waals surface area contributed by atoms with Gasteiger partial charge in [-0.2, -0.15) is 0 Å². The molecule has 0 saturated carbocycles. The summed E-state index contributed by atoms with van der Waals surface area (Å²) < 4.78 is 63.1. The van der Waals surface area contributed by atoms with Crippen molar-refractivity contribution in [3.8, 4) is 11.3 Å². The molecule has 1 fully saturated rings. The first-order chi connectivity index (χ1) is 23.8. The normalized spacial score (nSPS) is 19.8. The van der Waals surface area contributed by atoms with E-state index in [-0.39, 0.29) is 11.9 Å². The molecule has 0 spiro atoms. The molecule has 50 heavy (non-hydrogen) atoms. The number of likely N-dealkylation sites (tertiary alicyclic amines) is 1. The van der Waals surface area contributed by atoms with Gasteiger partial charge in [0.15, 0.2) is 0 Å². The van der Waals surface area contributed by atoms with Crippen LogP contribution in [0.3, 0.4) is 0 Å².